The van der Waals surface area contributed by atoms with Crippen molar-refractivity contribution in [2.45, 2.75) is 24.8 Å². The van der Waals surface area contributed by atoms with Crippen LogP contribution in [-0.2, 0) is 10.1 Å². The molecular formula is C29H35N3O8S. The Kier molecular flexibility index (Phi) is 9.69. The van der Waals surface area contributed by atoms with Crippen molar-refractivity contribution >= 4 is 16.0 Å². The van der Waals surface area contributed by atoms with Crippen LogP contribution in [0, 0.1) is 0 Å². The second-order valence-electron chi connectivity index (χ2n) is 9.84. The average Bonchev–Trinajstić information content (AvgIpc) is 2.97. The normalized spacial score (nSPS) is 14.1. The SMILES string of the molecule is COc1ccccc1Oc1c(OCCO)cc(C(=O)N2CCN(C)CC2)cc1OS(=O)(=O)c1ccc(C(C)C)cn1. The van der Waals surface area contributed by atoms with Crippen molar-refractivity contribution in [2.24, 2.45) is 0 Å². The number of benzene rings is 2. The molecule has 1 amide bonds. The van der Waals surface area contributed by atoms with E-state index in [9.17, 15) is 18.3 Å². The van der Waals surface area contributed by atoms with Crippen molar-refractivity contribution in [2.75, 3.05) is 53.6 Å². The maximum Gasteiger partial charge on any atom is 0.357 e. The number of aliphatic hydroxyl groups is 1. The Morgan fingerprint density at radius 3 is 2.29 bits per heavy atom. The number of para-hydroxylation sites is 2. The zero-order valence-electron chi connectivity index (χ0n) is 23.6. The second kappa shape index (κ2) is 13.2. The predicted molar refractivity (Wildman–Crippen MR) is 152 cm³/mol. The molecule has 2 aromatic carbocycles. The lowest BCUT2D eigenvalue weighted by molar-refractivity contribution is 0.0663. The van der Waals surface area contributed by atoms with Crippen LogP contribution in [0.25, 0.3) is 0 Å². The van der Waals surface area contributed by atoms with E-state index in [1.807, 2.05) is 20.9 Å². The molecule has 12 heteroatoms. The minimum atomic E-state index is -4.46. The maximum absolute atomic E-state index is 13.5. The van der Waals surface area contributed by atoms with Gasteiger partial charge in [0.15, 0.2) is 28.0 Å². The number of aliphatic hydroxyl groups excluding tert-OH is 1. The van der Waals surface area contributed by atoms with E-state index in [1.54, 1.807) is 35.2 Å². The molecule has 0 bridgehead atoms. The number of aromatic nitrogens is 1. The van der Waals surface area contributed by atoms with Gasteiger partial charge in [0, 0.05) is 37.9 Å². The van der Waals surface area contributed by atoms with Crippen LogP contribution in [0.3, 0.4) is 0 Å². The van der Waals surface area contributed by atoms with E-state index in [1.165, 1.54) is 31.5 Å². The molecule has 1 aromatic heterocycles. The van der Waals surface area contributed by atoms with E-state index in [4.69, 9.17) is 18.4 Å². The minimum absolute atomic E-state index is 0.0123. The summed E-state index contributed by atoms with van der Waals surface area (Å²) in [6.07, 6.45) is 1.48. The quantitative estimate of drug-likeness (QED) is 0.334. The van der Waals surface area contributed by atoms with Crippen LogP contribution in [0.4, 0.5) is 0 Å². The molecule has 0 atom stereocenters. The monoisotopic (exact) mass is 585 g/mol. The highest BCUT2D eigenvalue weighted by Crippen LogP contribution is 2.45. The van der Waals surface area contributed by atoms with E-state index in [2.05, 4.69) is 9.88 Å². The van der Waals surface area contributed by atoms with E-state index in [0.717, 1.165) is 5.56 Å². The molecule has 1 saturated heterocycles. The first kappa shape index (κ1) is 30.1. The molecule has 0 unspecified atom stereocenters. The van der Waals surface area contributed by atoms with Crippen LogP contribution in [0.15, 0.2) is 59.8 Å². The van der Waals surface area contributed by atoms with Gasteiger partial charge in [0.2, 0.25) is 5.75 Å². The number of rotatable bonds is 11. The number of carbonyl (C=O) groups excluding carboxylic acids is 1. The molecule has 2 heterocycles. The van der Waals surface area contributed by atoms with Gasteiger partial charge in [-0.3, -0.25) is 4.79 Å². The number of piperazine rings is 1. The zero-order chi connectivity index (χ0) is 29.6. The predicted octanol–water partition coefficient (Wildman–Crippen LogP) is 3.53. The molecule has 1 aliphatic rings. The fraction of sp³-hybridized carbons (Fsp3) is 0.379. The second-order valence-corrected chi connectivity index (χ2v) is 11.3. The summed E-state index contributed by atoms with van der Waals surface area (Å²) < 4.78 is 49.7. The molecule has 11 nitrogen and oxygen atoms in total. The number of ether oxygens (including phenoxy) is 3. The molecule has 1 fully saturated rings. The highest BCUT2D eigenvalue weighted by atomic mass is 32.2. The van der Waals surface area contributed by atoms with E-state index in [-0.39, 0.29) is 58.6 Å². The summed E-state index contributed by atoms with van der Waals surface area (Å²) >= 11 is 0. The third-order valence-corrected chi connectivity index (χ3v) is 7.72. The number of hydrogen-bond donors (Lipinski definition) is 1. The van der Waals surface area contributed by atoms with Crippen molar-refractivity contribution in [1.82, 2.24) is 14.8 Å². The van der Waals surface area contributed by atoms with Gasteiger partial charge in [-0.2, -0.15) is 8.42 Å². The molecule has 1 aliphatic heterocycles. The molecule has 0 radical (unpaired) electrons. The van der Waals surface area contributed by atoms with Crippen LogP contribution in [-0.4, -0.2) is 87.8 Å². The summed E-state index contributed by atoms with van der Waals surface area (Å²) in [5.74, 6) is 0.0839. The highest BCUT2D eigenvalue weighted by molar-refractivity contribution is 7.87. The fourth-order valence-electron chi connectivity index (χ4n) is 4.17. The smallest absolute Gasteiger partial charge is 0.357 e. The molecular weight excluding hydrogens is 550 g/mol. The zero-order valence-corrected chi connectivity index (χ0v) is 24.4. The summed E-state index contributed by atoms with van der Waals surface area (Å²) in [4.78, 5) is 21.4. The molecule has 0 spiro atoms. The van der Waals surface area contributed by atoms with Crippen LogP contribution < -0.4 is 18.4 Å². The van der Waals surface area contributed by atoms with Gasteiger partial charge < -0.3 is 33.3 Å². The largest absolute Gasteiger partial charge is 0.493 e. The third-order valence-electron chi connectivity index (χ3n) is 6.57. The molecule has 4 rings (SSSR count). The summed E-state index contributed by atoms with van der Waals surface area (Å²) in [5.41, 5.74) is 1.01. The maximum atomic E-state index is 13.5. The van der Waals surface area contributed by atoms with Crippen molar-refractivity contribution in [3.05, 3.63) is 65.9 Å². The third kappa shape index (κ3) is 7.26. The number of carbonyl (C=O) groups is 1. The van der Waals surface area contributed by atoms with Gasteiger partial charge in [0.1, 0.15) is 6.61 Å². The van der Waals surface area contributed by atoms with Gasteiger partial charge in [-0.25, -0.2) is 4.98 Å². The Morgan fingerprint density at radius 2 is 1.68 bits per heavy atom. The summed E-state index contributed by atoms with van der Waals surface area (Å²) in [6.45, 7) is 5.88. The number of hydrogen-bond acceptors (Lipinski definition) is 10. The number of amides is 1. The van der Waals surface area contributed by atoms with Gasteiger partial charge >= 0.3 is 10.1 Å². The van der Waals surface area contributed by atoms with Crippen LogP contribution in [0.1, 0.15) is 35.7 Å². The summed E-state index contributed by atoms with van der Waals surface area (Å²) in [7, 11) is -1.01. The lowest BCUT2D eigenvalue weighted by atomic mass is 10.1. The molecule has 220 valence electrons. The first-order valence-corrected chi connectivity index (χ1v) is 14.6. The molecule has 3 aromatic rings. The lowest BCUT2D eigenvalue weighted by Gasteiger charge is -2.32. The van der Waals surface area contributed by atoms with Crippen molar-refractivity contribution in [3.63, 3.8) is 0 Å². The molecule has 41 heavy (non-hydrogen) atoms. The van der Waals surface area contributed by atoms with E-state index >= 15 is 0 Å². The number of methoxy groups -OCH3 is 1. The Labute approximate surface area is 240 Å². The van der Waals surface area contributed by atoms with Crippen molar-refractivity contribution in [1.29, 1.82) is 0 Å². The number of pyridine rings is 1. The fourth-order valence-corrected chi connectivity index (χ4v) is 5.03. The first-order chi connectivity index (χ1) is 19.6. The molecule has 0 aliphatic carbocycles. The lowest BCUT2D eigenvalue weighted by Crippen LogP contribution is -2.47. The molecule has 0 saturated carbocycles. The Morgan fingerprint density at radius 1 is 1.00 bits per heavy atom. The highest BCUT2D eigenvalue weighted by Gasteiger charge is 2.28. The summed E-state index contributed by atoms with van der Waals surface area (Å²) in [5, 5.41) is 9.16. The first-order valence-electron chi connectivity index (χ1n) is 13.2. The Balaban J connectivity index is 1.81. The van der Waals surface area contributed by atoms with Gasteiger partial charge in [-0.05, 0) is 48.9 Å². The number of likely N-dealkylation sites (N-methyl/N-ethyl adjacent to an activating group) is 1. The standard InChI is InChI=1S/C29H35N3O8S/c1-20(2)21-9-10-27(30-19-21)41(35,36)40-26-18-22(29(34)32-13-11-31(3)12-14-32)17-25(38-16-15-33)28(26)39-24-8-6-5-7-23(24)37-4/h5-10,17-20,33H,11-16H2,1-4H3. The van der Waals surface area contributed by atoms with E-state index < -0.39 is 10.1 Å². The van der Waals surface area contributed by atoms with Gasteiger partial charge in [-0.15, -0.1) is 0 Å². The van der Waals surface area contributed by atoms with Gasteiger partial charge in [0.25, 0.3) is 5.91 Å². The van der Waals surface area contributed by atoms with Crippen LogP contribution in [0.2, 0.25) is 0 Å². The Hall–Kier alpha value is -3.87. The number of nitrogens with zero attached hydrogens (tertiary/aromatic N) is 3. The minimum Gasteiger partial charge on any atom is -0.493 e. The average molecular weight is 586 g/mol. The van der Waals surface area contributed by atoms with Crippen molar-refractivity contribution in [3.8, 4) is 28.7 Å². The molecule has 1 N–H and O–H groups in total. The van der Waals surface area contributed by atoms with Crippen molar-refractivity contribution < 1.29 is 36.7 Å². The van der Waals surface area contributed by atoms with Gasteiger partial charge in [-0.1, -0.05) is 32.0 Å². The van der Waals surface area contributed by atoms with Crippen LogP contribution in [0.5, 0.6) is 28.7 Å². The Bertz CT molecular complexity index is 1450. The van der Waals surface area contributed by atoms with E-state index in [0.29, 0.717) is 31.9 Å². The van der Waals surface area contributed by atoms with Gasteiger partial charge in [0.05, 0.1) is 13.7 Å². The topological polar surface area (TPSA) is 128 Å². The summed E-state index contributed by atoms with van der Waals surface area (Å²) in [6, 6.07) is 12.6. The van der Waals surface area contributed by atoms with Crippen LogP contribution >= 0.6 is 0 Å².